The smallest absolute Gasteiger partial charge is 0.303 e. The van der Waals surface area contributed by atoms with Crippen molar-refractivity contribution >= 4 is 17.9 Å². The molecule has 8 heteroatoms. The molecule has 0 amide bonds. The Balaban J connectivity index is -0.000000238. The summed E-state index contributed by atoms with van der Waals surface area (Å²) >= 11 is 0. The van der Waals surface area contributed by atoms with Gasteiger partial charge in [0.15, 0.2) is 0 Å². The minimum absolute atomic E-state index is 0.0628. The van der Waals surface area contributed by atoms with Gasteiger partial charge in [0.2, 0.25) is 0 Å². The molecule has 0 heterocycles. The Morgan fingerprint density at radius 1 is 0.947 bits per heavy atom. The highest BCUT2D eigenvalue weighted by Crippen LogP contribution is 1.98. The van der Waals surface area contributed by atoms with Crippen molar-refractivity contribution in [1.82, 2.24) is 0 Å². The Morgan fingerprint density at radius 2 is 1.16 bits per heavy atom. The van der Waals surface area contributed by atoms with Crippen molar-refractivity contribution in [3.05, 3.63) is 0 Å². The molecule has 5 N–H and O–H groups in total. The van der Waals surface area contributed by atoms with Crippen LogP contribution in [0.25, 0.3) is 0 Å². The molecule has 8 nitrogen and oxygen atoms in total. The normalized spacial score (nSPS) is 10.1. The molecule has 0 bridgehead atoms. The minimum atomic E-state index is -0.870. The van der Waals surface area contributed by atoms with Gasteiger partial charge in [0.25, 0.3) is 5.97 Å². The van der Waals surface area contributed by atoms with E-state index >= 15 is 0 Å². The molecule has 0 aliphatic carbocycles. The van der Waals surface area contributed by atoms with Crippen LogP contribution in [0.5, 0.6) is 0 Å². The van der Waals surface area contributed by atoms with Gasteiger partial charge in [-0.15, -0.1) is 0 Å². The van der Waals surface area contributed by atoms with E-state index in [9.17, 15) is 9.59 Å². The van der Waals surface area contributed by atoms with Gasteiger partial charge in [0.1, 0.15) is 0 Å². The standard InChI is InChI=1S/C6H10O4.C3H8O2.C2H4O2/c7-5(8)3-1-2-4-6(9)10;1-3(5)2-4;1-2(3)4/h1-4H2,(H,7,8)(H,9,10);3-5H,2H2,1H3;1H3,(H,3,4). The van der Waals surface area contributed by atoms with Crippen LogP contribution in [-0.2, 0) is 14.4 Å². The molecule has 0 rings (SSSR count). The molecule has 0 saturated carbocycles. The minimum Gasteiger partial charge on any atom is -0.481 e. The molecule has 0 aromatic heterocycles. The number of aliphatic hydroxyl groups excluding tert-OH is 2. The van der Waals surface area contributed by atoms with E-state index in [4.69, 9.17) is 30.3 Å². The quantitative estimate of drug-likeness (QED) is 0.432. The van der Waals surface area contributed by atoms with E-state index in [-0.39, 0.29) is 19.4 Å². The first-order chi connectivity index (χ1) is 8.63. The zero-order valence-corrected chi connectivity index (χ0v) is 11.1. The van der Waals surface area contributed by atoms with E-state index in [0.29, 0.717) is 12.8 Å². The third kappa shape index (κ3) is 62.4. The van der Waals surface area contributed by atoms with E-state index in [1.165, 1.54) is 6.92 Å². The summed E-state index contributed by atoms with van der Waals surface area (Å²) in [6.07, 6.45) is 0.457. The second-order valence-electron chi connectivity index (χ2n) is 3.55. The summed E-state index contributed by atoms with van der Waals surface area (Å²) in [6, 6.07) is 0. The summed E-state index contributed by atoms with van der Waals surface area (Å²) in [4.78, 5) is 28.8. The number of carboxylic acids is 3. The number of unbranched alkanes of at least 4 members (excludes halogenated alkanes) is 1. The SMILES string of the molecule is CC(=O)O.CC(O)CO.O=C(O)CCCCC(=O)O. The maximum absolute atomic E-state index is 9.90. The average molecular weight is 282 g/mol. The highest BCUT2D eigenvalue weighted by atomic mass is 16.4. The van der Waals surface area contributed by atoms with Gasteiger partial charge >= 0.3 is 11.9 Å². The Hall–Kier alpha value is -1.67. The predicted octanol–water partition coefficient (Wildman–Crippen LogP) is 0.166. The van der Waals surface area contributed by atoms with E-state index in [0.717, 1.165) is 6.92 Å². The molecular weight excluding hydrogens is 260 g/mol. The lowest BCUT2D eigenvalue weighted by Gasteiger charge is -1.92. The zero-order chi connectivity index (χ0) is 15.8. The summed E-state index contributed by atoms with van der Waals surface area (Å²) in [5.74, 6) is -2.57. The third-order valence-electron chi connectivity index (χ3n) is 1.30. The van der Waals surface area contributed by atoms with Crippen LogP contribution in [0, 0.1) is 0 Å². The van der Waals surface area contributed by atoms with Crippen LogP contribution in [0.1, 0.15) is 39.5 Å². The maximum Gasteiger partial charge on any atom is 0.303 e. The molecule has 0 saturated heterocycles. The number of hydrogen-bond donors (Lipinski definition) is 5. The first-order valence-corrected chi connectivity index (χ1v) is 5.55. The van der Waals surface area contributed by atoms with E-state index in [1.54, 1.807) is 0 Å². The van der Waals surface area contributed by atoms with Gasteiger partial charge in [-0.3, -0.25) is 14.4 Å². The molecule has 1 atom stereocenters. The predicted molar refractivity (Wildman–Crippen MR) is 65.8 cm³/mol. The fraction of sp³-hybridized carbons (Fsp3) is 0.727. The molecule has 0 radical (unpaired) electrons. The summed E-state index contributed by atoms with van der Waals surface area (Å²) in [7, 11) is 0. The van der Waals surface area contributed by atoms with Crippen LogP contribution < -0.4 is 0 Å². The van der Waals surface area contributed by atoms with Crippen LogP contribution in [-0.4, -0.2) is 56.2 Å². The fourth-order valence-corrected chi connectivity index (χ4v) is 0.552. The van der Waals surface area contributed by atoms with E-state index in [2.05, 4.69) is 0 Å². The first-order valence-electron chi connectivity index (χ1n) is 5.55. The van der Waals surface area contributed by atoms with Gasteiger partial charge in [-0.05, 0) is 19.8 Å². The van der Waals surface area contributed by atoms with Gasteiger partial charge < -0.3 is 25.5 Å². The van der Waals surface area contributed by atoms with Gasteiger partial charge in [-0.25, -0.2) is 0 Å². The molecule has 19 heavy (non-hydrogen) atoms. The summed E-state index contributed by atoms with van der Waals surface area (Å²) < 4.78 is 0. The molecule has 0 aromatic rings. The van der Waals surface area contributed by atoms with Crippen LogP contribution in [0.15, 0.2) is 0 Å². The number of carbonyl (C=O) groups is 3. The summed E-state index contributed by atoms with van der Waals surface area (Å²) in [5.41, 5.74) is 0. The highest BCUT2D eigenvalue weighted by molar-refractivity contribution is 5.67. The number of hydrogen-bond acceptors (Lipinski definition) is 5. The van der Waals surface area contributed by atoms with E-state index in [1.807, 2.05) is 0 Å². The monoisotopic (exact) mass is 282 g/mol. The molecule has 0 fully saturated rings. The Bertz CT molecular complexity index is 229. The van der Waals surface area contributed by atoms with Crippen LogP contribution in [0.2, 0.25) is 0 Å². The lowest BCUT2D eigenvalue weighted by Crippen LogP contribution is -2.03. The largest absolute Gasteiger partial charge is 0.481 e. The van der Waals surface area contributed by atoms with Crippen molar-refractivity contribution in [2.75, 3.05) is 6.61 Å². The molecule has 0 aliphatic heterocycles. The van der Waals surface area contributed by atoms with Crippen LogP contribution in [0.3, 0.4) is 0 Å². The van der Waals surface area contributed by atoms with Crippen molar-refractivity contribution in [2.45, 2.75) is 45.6 Å². The molecule has 0 aromatic carbocycles. The maximum atomic E-state index is 9.90. The van der Waals surface area contributed by atoms with Crippen molar-refractivity contribution in [2.24, 2.45) is 0 Å². The second-order valence-corrected chi connectivity index (χ2v) is 3.55. The summed E-state index contributed by atoms with van der Waals surface area (Å²) in [5, 5.41) is 39.7. The zero-order valence-electron chi connectivity index (χ0n) is 11.1. The van der Waals surface area contributed by atoms with Crippen LogP contribution in [0.4, 0.5) is 0 Å². The second kappa shape index (κ2) is 16.3. The number of aliphatic hydroxyl groups is 2. The van der Waals surface area contributed by atoms with Gasteiger partial charge in [0.05, 0.1) is 12.7 Å². The number of carboxylic acid groups (broad SMARTS) is 3. The Kier molecular flexibility index (Phi) is 19.3. The van der Waals surface area contributed by atoms with Crippen molar-refractivity contribution in [3.8, 4) is 0 Å². The van der Waals surface area contributed by atoms with Crippen LogP contribution >= 0.6 is 0 Å². The lowest BCUT2D eigenvalue weighted by atomic mass is 10.2. The molecule has 114 valence electrons. The Labute approximate surface area is 111 Å². The van der Waals surface area contributed by atoms with Gasteiger partial charge in [0, 0.05) is 19.8 Å². The fourth-order valence-electron chi connectivity index (χ4n) is 0.552. The van der Waals surface area contributed by atoms with Crippen molar-refractivity contribution in [3.63, 3.8) is 0 Å². The van der Waals surface area contributed by atoms with Gasteiger partial charge in [-0.2, -0.15) is 0 Å². The number of rotatable bonds is 6. The number of aliphatic carboxylic acids is 3. The molecule has 1 unspecified atom stereocenters. The topological polar surface area (TPSA) is 152 Å². The summed E-state index contributed by atoms with van der Waals surface area (Å²) in [6.45, 7) is 2.47. The lowest BCUT2D eigenvalue weighted by molar-refractivity contribution is -0.139. The first kappa shape index (κ1) is 22.5. The molecule has 0 spiro atoms. The molecule has 0 aliphatic rings. The average Bonchev–Trinajstić information content (AvgIpc) is 2.24. The van der Waals surface area contributed by atoms with Crippen molar-refractivity contribution in [1.29, 1.82) is 0 Å². The Morgan fingerprint density at radius 3 is 1.26 bits per heavy atom. The van der Waals surface area contributed by atoms with E-state index < -0.39 is 24.0 Å². The molecular formula is C11H22O8. The van der Waals surface area contributed by atoms with Gasteiger partial charge in [-0.1, -0.05) is 0 Å². The third-order valence-corrected chi connectivity index (χ3v) is 1.30. The van der Waals surface area contributed by atoms with Crippen molar-refractivity contribution < 1.29 is 39.9 Å². The highest BCUT2D eigenvalue weighted by Gasteiger charge is 1.99.